The first-order valence-corrected chi connectivity index (χ1v) is 8.61. The molecule has 146 valence electrons. The Morgan fingerprint density at radius 3 is 2.54 bits per heavy atom. The van der Waals surface area contributed by atoms with Gasteiger partial charge in [-0.15, -0.1) is 0 Å². The standard InChI is InChI=1S/C20H19F2N3O3/c21-15-7-14(8-16(22)9-15)19-4-5-20(28)25(24-19)11-13-2-1-3-17(6-13)23-10-18(27)12-26/h1-9,18,23,26-27H,10-12H2/t18-/m0/s1. The van der Waals surface area contributed by atoms with Crippen LogP contribution in [0.2, 0.25) is 0 Å². The maximum Gasteiger partial charge on any atom is 0.267 e. The molecule has 3 N–H and O–H groups in total. The lowest BCUT2D eigenvalue weighted by molar-refractivity contribution is 0.105. The Morgan fingerprint density at radius 1 is 1.07 bits per heavy atom. The molecule has 0 bridgehead atoms. The molecule has 6 nitrogen and oxygen atoms in total. The van der Waals surface area contributed by atoms with Crippen LogP contribution in [0.25, 0.3) is 11.3 Å². The minimum atomic E-state index is -0.878. The molecular formula is C20H19F2N3O3. The molecule has 0 aliphatic heterocycles. The lowest BCUT2D eigenvalue weighted by Crippen LogP contribution is -2.24. The molecule has 0 radical (unpaired) electrons. The molecule has 28 heavy (non-hydrogen) atoms. The van der Waals surface area contributed by atoms with Crippen LogP contribution in [-0.4, -0.2) is 39.2 Å². The largest absolute Gasteiger partial charge is 0.394 e. The van der Waals surface area contributed by atoms with Gasteiger partial charge in [0.05, 0.1) is 24.9 Å². The van der Waals surface area contributed by atoms with Crippen molar-refractivity contribution in [3.63, 3.8) is 0 Å². The summed E-state index contributed by atoms with van der Waals surface area (Å²) in [5, 5.41) is 25.5. The highest BCUT2D eigenvalue weighted by Gasteiger charge is 2.08. The number of aliphatic hydroxyl groups is 2. The third-order valence-electron chi connectivity index (χ3n) is 4.04. The predicted octanol–water partition coefficient (Wildman–Crippen LogP) is 2.00. The van der Waals surface area contributed by atoms with Gasteiger partial charge in [0.1, 0.15) is 11.6 Å². The van der Waals surface area contributed by atoms with Gasteiger partial charge in [0.2, 0.25) is 0 Å². The molecule has 0 aliphatic carbocycles. The number of benzene rings is 2. The molecule has 2 aromatic carbocycles. The Kier molecular flexibility index (Phi) is 6.13. The molecule has 1 aromatic heterocycles. The highest BCUT2D eigenvalue weighted by Crippen LogP contribution is 2.19. The van der Waals surface area contributed by atoms with E-state index in [4.69, 9.17) is 5.11 Å². The molecule has 0 saturated heterocycles. The zero-order chi connectivity index (χ0) is 20.1. The van der Waals surface area contributed by atoms with E-state index in [0.29, 0.717) is 5.69 Å². The molecule has 3 rings (SSSR count). The number of anilines is 1. The summed E-state index contributed by atoms with van der Waals surface area (Å²) in [7, 11) is 0. The summed E-state index contributed by atoms with van der Waals surface area (Å²) in [4.78, 5) is 12.2. The van der Waals surface area contributed by atoms with Gasteiger partial charge in [0, 0.05) is 29.9 Å². The van der Waals surface area contributed by atoms with Crippen LogP contribution in [0.3, 0.4) is 0 Å². The smallest absolute Gasteiger partial charge is 0.267 e. The van der Waals surface area contributed by atoms with Gasteiger partial charge in [-0.05, 0) is 35.9 Å². The van der Waals surface area contributed by atoms with Crippen molar-refractivity contribution in [2.45, 2.75) is 12.6 Å². The third kappa shape index (κ3) is 4.99. The predicted molar refractivity (Wildman–Crippen MR) is 101 cm³/mol. The average Bonchev–Trinajstić information content (AvgIpc) is 2.67. The summed E-state index contributed by atoms with van der Waals surface area (Å²) < 4.78 is 28.1. The van der Waals surface area contributed by atoms with Crippen LogP contribution < -0.4 is 10.9 Å². The summed E-state index contributed by atoms with van der Waals surface area (Å²) in [6, 6.07) is 12.9. The van der Waals surface area contributed by atoms with E-state index >= 15 is 0 Å². The molecule has 0 unspecified atom stereocenters. The molecule has 0 aliphatic rings. The zero-order valence-electron chi connectivity index (χ0n) is 14.8. The van der Waals surface area contributed by atoms with Crippen molar-refractivity contribution in [3.05, 3.63) is 82.1 Å². The molecule has 1 heterocycles. The summed E-state index contributed by atoms with van der Waals surface area (Å²) in [5.41, 5.74) is 1.63. The van der Waals surface area contributed by atoms with Crippen molar-refractivity contribution in [3.8, 4) is 11.3 Å². The highest BCUT2D eigenvalue weighted by atomic mass is 19.1. The molecule has 8 heteroatoms. The minimum absolute atomic E-state index is 0.155. The van der Waals surface area contributed by atoms with Crippen molar-refractivity contribution in [1.82, 2.24) is 9.78 Å². The van der Waals surface area contributed by atoms with Gasteiger partial charge in [-0.3, -0.25) is 4.79 Å². The normalized spacial score (nSPS) is 12.0. The number of rotatable bonds is 7. The van der Waals surface area contributed by atoms with Gasteiger partial charge in [-0.25, -0.2) is 13.5 Å². The Labute approximate surface area is 159 Å². The molecule has 1 atom stereocenters. The Balaban J connectivity index is 1.84. The number of nitrogens with one attached hydrogen (secondary N) is 1. The molecule has 0 spiro atoms. The minimum Gasteiger partial charge on any atom is -0.394 e. The number of aromatic nitrogens is 2. The van der Waals surface area contributed by atoms with E-state index in [1.807, 2.05) is 0 Å². The van der Waals surface area contributed by atoms with Gasteiger partial charge < -0.3 is 15.5 Å². The molecule has 0 saturated carbocycles. The lowest BCUT2D eigenvalue weighted by Gasteiger charge is -2.12. The summed E-state index contributed by atoms with van der Waals surface area (Å²) in [6.45, 7) is -0.0131. The fraction of sp³-hybridized carbons (Fsp3) is 0.200. The Morgan fingerprint density at radius 2 is 1.82 bits per heavy atom. The molecule has 3 aromatic rings. The second kappa shape index (κ2) is 8.73. The van der Waals surface area contributed by atoms with Crippen molar-refractivity contribution in [1.29, 1.82) is 0 Å². The Bertz CT molecular complexity index is 1000. The average molecular weight is 387 g/mol. The van der Waals surface area contributed by atoms with E-state index in [1.54, 1.807) is 24.3 Å². The number of hydrogen-bond acceptors (Lipinski definition) is 5. The highest BCUT2D eigenvalue weighted by molar-refractivity contribution is 5.58. The number of halogens is 2. The Hall–Kier alpha value is -3.10. The fourth-order valence-corrected chi connectivity index (χ4v) is 2.67. The van der Waals surface area contributed by atoms with Gasteiger partial charge in [0.25, 0.3) is 5.56 Å². The number of aliphatic hydroxyl groups excluding tert-OH is 2. The zero-order valence-corrected chi connectivity index (χ0v) is 14.8. The molecule has 0 amide bonds. The van der Waals surface area contributed by atoms with Gasteiger partial charge >= 0.3 is 0 Å². The van der Waals surface area contributed by atoms with Crippen molar-refractivity contribution in [2.24, 2.45) is 0 Å². The first-order valence-electron chi connectivity index (χ1n) is 8.61. The monoisotopic (exact) mass is 387 g/mol. The van der Waals surface area contributed by atoms with Crippen LogP contribution in [0.15, 0.2) is 59.4 Å². The van der Waals surface area contributed by atoms with E-state index in [9.17, 15) is 18.7 Å². The van der Waals surface area contributed by atoms with E-state index in [0.717, 1.165) is 23.8 Å². The van der Waals surface area contributed by atoms with Crippen LogP contribution >= 0.6 is 0 Å². The van der Waals surface area contributed by atoms with Crippen LogP contribution in [-0.2, 0) is 6.54 Å². The topological polar surface area (TPSA) is 87.4 Å². The lowest BCUT2D eigenvalue weighted by atomic mass is 10.1. The van der Waals surface area contributed by atoms with E-state index < -0.39 is 17.7 Å². The van der Waals surface area contributed by atoms with Gasteiger partial charge in [0.15, 0.2) is 0 Å². The number of nitrogens with zero attached hydrogens (tertiary/aromatic N) is 2. The van der Waals surface area contributed by atoms with Crippen LogP contribution in [0.1, 0.15) is 5.56 Å². The van der Waals surface area contributed by atoms with Crippen molar-refractivity contribution in [2.75, 3.05) is 18.5 Å². The quantitative estimate of drug-likeness (QED) is 0.577. The molecular weight excluding hydrogens is 368 g/mol. The third-order valence-corrected chi connectivity index (χ3v) is 4.04. The fourth-order valence-electron chi connectivity index (χ4n) is 2.67. The van der Waals surface area contributed by atoms with E-state index in [2.05, 4.69) is 10.4 Å². The van der Waals surface area contributed by atoms with Crippen molar-refractivity contribution >= 4 is 5.69 Å². The first-order chi connectivity index (χ1) is 13.4. The van der Waals surface area contributed by atoms with Crippen LogP contribution in [0.5, 0.6) is 0 Å². The van der Waals surface area contributed by atoms with Gasteiger partial charge in [-0.1, -0.05) is 12.1 Å². The van der Waals surface area contributed by atoms with E-state index in [-0.39, 0.29) is 36.5 Å². The summed E-state index contributed by atoms with van der Waals surface area (Å²) >= 11 is 0. The maximum atomic E-state index is 13.5. The summed E-state index contributed by atoms with van der Waals surface area (Å²) in [6.07, 6.45) is -0.878. The number of hydrogen-bond donors (Lipinski definition) is 3. The maximum absolute atomic E-state index is 13.5. The first kappa shape index (κ1) is 19.7. The second-order valence-electron chi connectivity index (χ2n) is 6.29. The van der Waals surface area contributed by atoms with Gasteiger partial charge in [-0.2, -0.15) is 5.10 Å². The van der Waals surface area contributed by atoms with Crippen LogP contribution in [0.4, 0.5) is 14.5 Å². The summed E-state index contributed by atoms with van der Waals surface area (Å²) in [5.74, 6) is -1.45. The van der Waals surface area contributed by atoms with Crippen molar-refractivity contribution < 1.29 is 19.0 Å². The second-order valence-corrected chi connectivity index (χ2v) is 6.29. The van der Waals surface area contributed by atoms with E-state index in [1.165, 1.54) is 16.8 Å². The molecule has 0 fully saturated rings. The van der Waals surface area contributed by atoms with Crippen LogP contribution in [0, 0.1) is 11.6 Å². The SMILES string of the molecule is O=c1ccc(-c2cc(F)cc(F)c2)nn1Cc1cccc(NC[C@H](O)CO)c1.